The zero-order valence-electron chi connectivity index (χ0n) is 9.07. The molecule has 1 aromatic heterocycles. The van der Waals surface area contributed by atoms with Gasteiger partial charge in [-0.3, -0.25) is 0 Å². The van der Waals surface area contributed by atoms with Gasteiger partial charge in [0, 0.05) is 25.5 Å². The highest BCUT2D eigenvalue weighted by atomic mass is 15.2. The van der Waals surface area contributed by atoms with Gasteiger partial charge in [0.2, 0.25) is 5.95 Å². The van der Waals surface area contributed by atoms with Crippen LogP contribution in [-0.2, 0) is 0 Å². The molecule has 0 bridgehead atoms. The molecule has 0 aliphatic rings. The van der Waals surface area contributed by atoms with Crippen molar-refractivity contribution in [2.75, 3.05) is 25.0 Å². The topological polar surface area (TPSA) is 55.0 Å². The van der Waals surface area contributed by atoms with Gasteiger partial charge in [-0.2, -0.15) is 0 Å². The van der Waals surface area contributed by atoms with Crippen LogP contribution in [0.2, 0.25) is 0 Å². The van der Waals surface area contributed by atoms with Crippen molar-refractivity contribution in [2.24, 2.45) is 11.7 Å². The van der Waals surface area contributed by atoms with Gasteiger partial charge < -0.3 is 10.6 Å². The zero-order valence-corrected chi connectivity index (χ0v) is 9.07. The predicted octanol–water partition coefficient (Wildman–Crippen LogP) is 0.816. The Bertz CT molecular complexity index is 287. The third kappa shape index (κ3) is 2.96. The third-order valence-electron chi connectivity index (χ3n) is 2.11. The fourth-order valence-corrected chi connectivity index (χ4v) is 1.24. The van der Waals surface area contributed by atoms with Crippen LogP contribution in [0.5, 0.6) is 0 Å². The molecule has 0 fully saturated rings. The Balaban J connectivity index is 2.64. The van der Waals surface area contributed by atoms with Crippen LogP contribution >= 0.6 is 0 Å². The molecular weight excluding hydrogens is 176 g/mol. The van der Waals surface area contributed by atoms with E-state index in [9.17, 15) is 0 Å². The standard InChI is InChI=1S/C10H18N4/c1-8(6-11)7-14(3)10-12-5-4-9(2)13-10/h4-5,8H,6-7,11H2,1-3H3. The SMILES string of the molecule is Cc1ccnc(N(C)CC(C)CN)n1. The molecule has 0 saturated carbocycles. The first kappa shape index (κ1) is 10.9. The monoisotopic (exact) mass is 194 g/mol. The molecule has 0 saturated heterocycles. The Hall–Kier alpha value is -1.16. The quantitative estimate of drug-likeness (QED) is 0.771. The Morgan fingerprint density at radius 2 is 2.29 bits per heavy atom. The lowest BCUT2D eigenvalue weighted by atomic mass is 10.2. The smallest absolute Gasteiger partial charge is 0.225 e. The van der Waals surface area contributed by atoms with E-state index in [-0.39, 0.29) is 0 Å². The van der Waals surface area contributed by atoms with Gasteiger partial charge in [0.15, 0.2) is 0 Å². The second-order valence-electron chi connectivity index (χ2n) is 3.72. The highest BCUT2D eigenvalue weighted by molar-refractivity contribution is 5.28. The Morgan fingerprint density at radius 3 is 2.86 bits per heavy atom. The third-order valence-corrected chi connectivity index (χ3v) is 2.11. The van der Waals surface area contributed by atoms with Crippen LogP contribution in [0.15, 0.2) is 12.3 Å². The molecule has 0 aromatic carbocycles. The largest absolute Gasteiger partial charge is 0.344 e. The van der Waals surface area contributed by atoms with E-state index >= 15 is 0 Å². The van der Waals surface area contributed by atoms with E-state index in [1.165, 1.54) is 0 Å². The minimum Gasteiger partial charge on any atom is -0.344 e. The van der Waals surface area contributed by atoms with Crippen molar-refractivity contribution in [3.63, 3.8) is 0 Å². The van der Waals surface area contributed by atoms with E-state index in [1.54, 1.807) is 6.20 Å². The molecule has 78 valence electrons. The second-order valence-corrected chi connectivity index (χ2v) is 3.72. The summed E-state index contributed by atoms with van der Waals surface area (Å²) in [5.41, 5.74) is 6.55. The van der Waals surface area contributed by atoms with E-state index in [0.29, 0.717) is 12.5 Å². The molecule has 0 radical (unpaired) electrons. The maximum Gasteiger partial charge on any atom is 0.225 e. The summed E-state index contributed by atoms with van der Waals surface area (Å²) < 4.78 is 0. The summed E-state index contributed by atoms with van der Waals surface area (Å²) in [6, 6.07) is 1.89. The second kappa shape index (κ2) is 4.91. The predicted molar refractivity (Wildman–Crippen MR) is 58.3 cm³/mol. The lowest BCUT2D eigenvalue weighted by Gasteiger charge is -2.20. The van der Waals surface area contributed by atoms with Crippen molar-refractivity contribution in [3.05, 3.63) is 18.0 Å². The van der Waals surface area contributed by atoms with Gasteiger partial charge in [0.1, 0.15) is 0 Å². The number of hydrogen-bond donors (Lipinski definition) is 1. The number of aryl methyl sites for hydroxylation is 1. The van der Waals surface area contributed by atoms with Gasteiger partial charge in [-0.05, 0) is 25.5 Å². The summed E-state index contributed by atoms with van der Waals surface area (Å²) in [6.45, 7) is 5.66. The van der Waals surface area contributed by atoms with E-state index < -0.39 is 0 Å². The molecule has 1 heterocycles. The molecule has 14 heavy (non-hydrogen) atoms. The van der Waals surface area contributed by atoms with E-state index in [1.807, 2.05) is 24.9 Å². The van der Waals surface area contributed by atoms with Gasteiger partial charge in [-0.1, -0.05) is 6.92 Å². The summed E-state index contributed by atoms with van der Waals surface area (Å²) >= 11 is 0. The molecule has 4 nitrogen and oxygen atoms in total. The van der Waals surface area contributed by atoms with Crippen molar-refractivity contribution in [3.8, 4) is 0 Å². The lowest BCUT2D eigenvalue weighted by Crippen LogP contribution is -2.29. The van der Waals surface area contributed by atoms with Crippen molar-refractivity contribution < 1.29 is 0 Å². The number of nitrogens with two attached hydrogens (primary N) is 1. The highest BCUT2D eigenvalue weighted by Crippen LogP contribution is 2.06. The zero-order chi connectivity index (χ0) is 10.6. The number of aromatic nitrogens is 2. The number of nitrogens with zero attached hydrogens (tertiary/aromatic N) is 3. The van der Waals surface area contributed by atoms with E-state index in [4.69, 9.17) is 5.73 Å². The Morgan fingerprint density at radius 1 is 1.57 bits per heavy atom. The van der Waals surface area contributed by atoms with Crippen molar-refractivity contribution in [1.29, 1.82) is 0 Å². The first-order valence-corrected chi connectivity index (χ1v) is 4.84. The molecule has 1 rings (SSSR count). The van der Waals surface area contributed by atoms with Crippen LogP contribution in [0.4, 0.5) is 5.95 Å². The summed E-state index contributed by atoms with van der Waals surface area (Å²) in [5, 5.41) is 0. The number of anilines is 1. The molecule has 1 unspecified atom stereocenters. The van der Waals surface area contributed by atoms with Crippen molar-refractivity contribution >= 4 is 5.95 Å². The van der Waals surface area contributed by atoms with Crippen LogP contribution in [-0.4, -0.2) is 30.1 Å². The van der Waals surface area contributed by atoms with Gasteiger partial charge in [0.05, 0.1) is 0 Å². The van der Waals surface area contributed by atoms with Crippen LogP contribution in [0, 0.1) is 12.8 Å². The molecule has 0 spiro atoms. The molecule has 0 amide bonds. The summed E-state index contributed by atoms with van der Waals surface area (Å²) in [5.74, 6) is 1.23. The summed E-state index contributed by atoms with van der Waals surface area (Å²) in [7, 11) is 1.99. The Labute approximate surface area is 85.2 Å². The fourth-order valence-electron chi connectivity index (χ4n) is 1.24. The summed E-state index contributed by atoms with van der Waals surface area (Å²) in [6.07, 6.45) is 1.78. The highest BCUT2D eigenvalue weighted by Gasteiger charge is 2.07. The average Bonchev–Trinajstić information content (AvgIpc) is 2.17. The summed E-state index contributed by atoms with van der Waals surface area (Å²) in [4.78, 5) is 10.6. The molecule has 1 aromatic rings. The van der Waals surface area contributed by atoms with Gasteiger partial charge in [-0.15, -0.1) is 0 Å². The minimum atomic E-state index is 0.462. The van der Waals surface area contributed by atoms with Crippen LogP contribution in [0.1, 0.15) is 12.6 Å². The molecule has 1 atom stereocenters. The van der Waals surface area contributed by atoms with Crippen molar-refractivity contribution in [2.45, 2.75) is 13.8 Å². The molecule has 2 N–H and O–H groups in total. The van der Waals surface area contributed by atoms with Gasteiger partial charge in [0.25, 0.3) is 0 Å². The molecular formula is C10H18N4. The first-order chi connectivity index (χ1) is 6.63. The molecule has 0 aliphatic carbocycles. The van der Waals surface area contributed by atoms with Gasteiger partial charge >= 0.3 is 0 Å². The average molecular weight is 194 g/mol. The molecule has 4 heteroatoms. The number of rotatable bonds is 4. The van der Waals surface area contributed by atoms with Crippen LogP contribution in [0.3, 0.4) is 0 Å². The first-order valence-electron chi connectivity index (χ1n) is 4.84. The maximum absolute atomic E-state index is 5.56. The van der Waals surface area contributed by atoms with E-state index in [0.717, 1.165) is 18.2 Å². The van der Waals surface area contributed by atoms with Crippen molar-refractivity contribution in [1.82, 2.24) is 9.97 Å². The minimum absolute atomic E-state index is 0.462. The Kier molecular flexibility index (Phi) is 3.83. The molecule has 0 aliphatic heterocycles. The van der Waals surface area contributed by atoms with Gasteiger partial charge in [-0.25, -0.2) is 9.97 Å². The van der Waals surface area contributed by atoms with Crippen LogP contribution in [0.25, 0.3) is 0 Å². The lowest BCUT2D eigenvalue weighted by molar-refractivity contribution is 0.584. The van der Waals surface area contributed by atoms with E-state index in [2.05, 4.69) is 16.9 Å². The number of hydrogen-bond acceptors (Lipinski definition) is 4. The van der Waals surface area contributed by atoms with Crippen LogP contribution < -0.4 is 10.6 Å². The fraction of sp³-hybridized carbons (Fsp3) is 0.600. The normalized spacial score (nSPS) is 12.6. The maximum atomic E-state index is 5.56.